The molecule has 1 atom stereocenters. The van der Waals surface area contributed by atoms with E-state index in [9.17, 15) is 4.79 Å². The van der Waals surface area contributed by atoms with E-state index in [0.29, 0.717) is 16.3 Å². The molecule has 1 aliphatic heterocycles. The van der Waals surface area contributed by atoms with E-state index in [1.165, 1.54) is 11.8 Å². The lowest BCUT2D eigenvalue weighted by molar-refractivity contribution is 0.498. The number of nitrogens with zero attached hydrogens (tertiary/aromatic N) is 4. The minimum atomic E-state index is -0.0513. The number of piperazine rings is 1. The van der Waals surface area contributed by atoms with Gasteiger partial charge in [0.2, 0.25) is 10.6 Å². The van der Waals surface area contributed by atoms with Crippen LogP contribution in [0.2, 0.25) is 0 Å². The van der Waals surface area contributed by atoms with Gasteiger partial charge in [-0.1, -0.05) is 18.7 Å². The molecule has 1 aliphatic rings. The fourth-order valence-electron chi connectivity index (χ4n) is 2.82. The van der Waals surface area contributed by atoms with Gasteiger partial charge in [-0.3, -0.25) is 4.79 Å². The normalized spacial score (nSPS) is 18.9. The van der Waals surface area contributed by atoms with Crippen LogP contribution >= 0.6 is 11.8 Å². The predicted molar refractivity (Wildman–Crippen MR) is 88.8 cm³/mol. The molecule has 0 saturated carbocycles. The number of anilines is 1. The van der Waals surface area contributed by atoms with E-state index in [2.05, 4.69) is 37.3 Å². The molecule has 1 unspecified atom stereocenters. The van der Waals surface area contributed by atoms with E-state index < -0.39 is 0 Å². The Bertz CT molecular complexity index is 746. The molecule has 0 amide bonds. The highest BCUT2D eigenvalue weighted by molar-refractivity contribution is 7.98. The van der Waals surface area contributed by atoms with Gasteiger partial charge in [0.05, 0.1) is 0 Å². The summed E-state index contributed by atoms with van der Waals surface area (Å²) in [5.41, 5.74) is 2.42. The van der Waals surface area contributed by atoms with E-state index in [1.807, 2.05) is 13.2 Å². The third-order valence-corrected chi connectivity index (χ3v) is 4.52. The molecule has 0 bridgehead atoms. The summed E-state index contributed by atoms with van der Waals surface area (Å²) in [6.07, 6.45) is 2.61. The molecular formula is C14H20N6OS. The second-order valence-electron chi connectivity index (χ2n) is 5.38. The molecule has 0 radical (unpaired) electrons. The number of pyridine rings is 1. The minimum absolute atomic E-state index is 0.0513. The standard InChI is InChI=1S/C14H20N6OS/c1-4-9-11(20-6-5-15-7-8(20)2)12(21)10-13(16-9)18-19-14(17-10)22-3/h8,15H,4-7H2,1-3H3,(H,16,18,21). The molecule has 22 heavy (non-hydrogen) atoms. The lowest BCUT2D eigenvalue weighted by atomic mass is 10.1. The maximum absolute atomic E-state index is 13.0. The first-order valence-electron chi connectivity index (χ1n) is 7.46. The monoisotopic (exact) mass is 320 g/mol. The molecule has 0 aliphatic carbocycles. The van der Waals surface area contributed by atoms with Gasteiger partial charge in [-0.25, -0.2) is 4.98 Å². The van der Waals surface area contributed by atoms with Gasteiger partial charge in [0, 0.05) is 31.4 Å². The van der Waals surface area contributed by atoms with Crippen LogP contribution in [-0.4, -0.2) is 52.1 Å². The van der Waals surface area contributed by atoms with Crippen molar-refractivity contribution in [3.05, 3.63) is 15.9 Å². The van der Waals surface area contributed by atoms with Gasteiger partial charge in [0.1, 0.15) is 5.69 Å². The minimum Gasteiger partial charge on any atom is -0.362 e. The summed E-state index contributed by atoms with van der Waals surface area (Å²) in [6, 6.07) is 0.271. The summed E-state index contributed by atoms with van der Waals surface area (Å²) in [4.78, 5) is 22.8. The fourth-order valence-corrected chi connectivity index (χ4v) is 3.13. The molecule has 2 aromatic rings. The SMILES string of the molecule is CCc1[nH]c2nnc(SC)nc2c(=O)c1N1CCNCC1C. The van der Waals surface area contributed by atoms with Crippen molar-refractivity contribution in [2.75, 3.05) is 30.8 Å². The van der Waals surface area contributed by atoms with Crippen molar-refractivity contribution in [2.24, 2.45) is 0 Å². The van der Waals surface area contributed by atoms with Crippen LogP contribution in [0, 0.1) is 0 Å². The first-order chi connectivity index (χ1) is 10.7. The molecule has 3 rings (SSSR count). The Balaban J connectivity index is 2.22. The van der Waals surface area contributed by atoms with E-state index >= 15 is 0 Å². The summed E-state index contributed by atoms with van der Waals surface area (Å²) in [6.45, 7) is 6.73. The fraction of sp³-hybridized carbons (Fsp3) is 0.571. The number of hydrogen-bond donors (Lipinski definition) is 2. The van der Waals surface area contributed by atoms with Crippen molar-refractivity contribution < 1.29 is 0 Å². The van der Waals surface area contributed by atoms with Crippen molar-refractivity contribution in [1.29, 1.82) is 0 Å². The smallest absolute Gasteiger partial charge is 0.233 e. The number of nitrogens with one attached hydrogen (secondary N) is 2. The quantitative estimate of drug-likeness (QED) is 0.809. The molecule has 2 aromatic heterocycles. The zero-order chi connectivity index (χ0) is 15.7. The molecule has 0 spiro atoms. The number of rotatable bonds is 3. The molecule has 2 N–H and O–H groups in total. The van der Waals surface area contributed by atoms with Crippen LogP contribution in [0.25, 0.3) is 11.2 Å². The maximum atomic E-state index is 13.0. The topological polar surface area (TPSA) is 86.8 Å². The van der Waals surface area contributed by atoms with Crippen LogP contribution in [0.4, 0.5) is 5.69 Å². The summed E-state index contributed by atoms with van der Waals surface area (Å²) < 4.78 is 0. The van der Waals surface area contributed by atoms with E-state index in [4.69, 9.17) is 0 Å². The number of aromatic amines is 1. The molecule has 1 saturated heterocycles. The highest BCUT2D eigenvalue weighted by atomic mass is 32.2. The van der Waals surface area contributed by atoms with Gasteiger partial charge in [0.25, 0.3) is 0 Å². The second-order valence-corrected chi connectivity index (χ2v) is 6.15. The highest BCUT2D eigenvalue weighted by Gasteiger charge is 2.25. The van der Waals surface area contributed by atoms with Crippen molar-refractivity contribution in [3.8, 4) is 0 Å². The number of hydrogen-bond acceptors (Lipinski definition) is 7. The molecule has 8 heteroatoms. The average molecular weight is 320 g/mol. The van der Waals surface area contributed by atoms with E-state index in [0.717, 1.165) is 37.4 Å². The molecule has 0 aromatic carbocycles. The zero-order valence-electron chi connectivity index (χ0n) is 13.0. The molecule has 1 fully saturated rings. The van der Waals surface area contributed by atoms with Gasteiger partial charge in [-0.05, 0) is 19.6 Å². The third-order valence-electron chi connectivity index (χ3n) is 3.98. The Hall–Kier alpha value is -1.67. The van der Waals surface area contributed by atoms with Crippen LogP contribution in [0.5, 0.6) is 0 Å². The number of aromatic nitrogens is 4. The van der Waals surface area contributed by atoms with Crippen LogP contribution in [0.1, 0.15) is 19.5 Å². The van der Waals surface area contributed by atoms with Gasteiger partial charge < -0.3 is 15.2 Å². The van der Waals surface area contributed by atoms with Crippen molar-refractivity contribution in [1.82, 2.24) is 25.5 Å². The molecule has 7 nitrogen and oxygen atoms in total. The van der Waals surface area contributed by atoms with Crippen LogP contribution < -0.4 is 15.6 Å². The number of fused-ring (bicyclic) bond motifs is 1. The second kappa shape index (κ2) is 6.21. The van der Waals surface area contributed by atoms with Gasteiger partial charge in [-0.15, -0.1) is 10.2 Å². The van der Waals surface area contributed by atoms with Crippen LogP contribution in [0.15, 0.2) is 9.95 Å². The lowest BCUT2D eigenvalue weighted by Crippen LogP contribution is -2.51. The summed E-state index contributed by atoms with van der Waals surface area (Å²) in [7, 11) is 0. The Morgan fingerprint density at radius 2 is 2.23 bits per heavy atom. The first kappa shape index (κ1) is 15.2. The first-order valence-corrected chi connectivity index (χ1v) is 8.69. The van der Waals surface area contributed by atoms with Gasteiger partial charge in [0.15, 0.2) is 11.2 Å². The number of H-pyrrole nitrogens is 1. The number of thioether (sulfide) groups is 1. The lowest BCUT2D eigenvalue weighted by Gasteiger charge is -2.36. The summed E-state index contributed by atoms with van der Waals surface area (Å²) in [5, 5.41) is 12.0. The summed E-state index contributed by atoms with van der Waals surface area (Å²) in [5.74, 6) is 0. The zero-order valence-corrected chi connectivity index (χ0v) is 13.8. The average Bonchev–Trinajstić information content (AvgIpc) is 2.55. The van der Waals surface area contributed by atoms with Gasteiger partial charge >= 0.3 is 0 Å². The number of aryl methyl sites for hydroxylation is 1. The molecule has 118 valence electrons. The van der Waals surface area contributed by atoms with E-state index in [-0.39, 0.29) is 11.5 Å². The van der Waals surface area contributed by atoms with Crippen LogP contribution in [-0.2, 0) is 6.42 Å². The highest BCUT2D eigenvalue weighted by Crippen LogP contribution is 2.21. The Labute approximate surface area is 132 Å². The molecular weight excluding hydrogens is 300 g/mol. The van der Waals surface area contributed by atoms with Crippen molar-refractivity contribution >= 4 is 28.6 Å². The van der Waals surface area contributed by atoms with Gasteiger partial charge in [-0.2, -0.15) is 0 Å². The molecule has 3 heterocycles. The Morgan fingerprint density at radius 3 is 2.91 bits per heavy atom. The largest absolute Gasteiger partial charge is 0.362 e. The maximum Gasteiger partial charge on any atom is 0.233 e. The van der Waals surface area contributed by atoms with E-state index in [1.54, 1.807) is 0 Å². The van der Waals surface area contributed by atoms with Crippen molar-refractivity contribution in [2.45, 2.75) is 31.5 Å². The van der Waals surface area contributed by atoms with Crippen molar-refractivity contribution in [3.63, 3.8) is 0 Å². The summed E-state index contributed by atoms with van der Waals surface area (Å²) >= 11 is 1.38. The van der Waals surface area contributed by atoms with Crippen LogP contribution in [0.3, 0.4) is 0 Å². The third kappa shape index (κ3) is 2.56. The predicted octanol–water partition coefficient (Wildman–Crippen LogP) is 0.795. The Kier molecular flexibility index (Phi) is 4.30. The Morgan fingerprint density at radius 1 is 1.41 bits per heavy atom.